The number of esters is 1. The third-order valence-corrected chi connectivity index (χ3v) is 7.04. The number of carbonyl (C=O) groups is 1. The Morgan fingerprint density at radius 2 is 2.21 bits per heavy atom. The number of hydrogen-bond donors (Lipinski definition) is 0. The summed E-state index contributed by atoms with van der Waals surface area (Å²) in [6, 6.07) is 2.53. The smallest absolute Gasteiger partial charge is 0.324 e. The first kappa shape index (κ1) is 15.0. The van der Waals surface area contributed by atoms with Gasteiger partial charge in [-0.2, -0.15) is 4.31 Å². The van der Waals surface area contributed by atoms with E-state index in [0.29, 0.717) is 13.0 Å². The van der Waals surface area contributed by atoms with Crippen LogP contribution in [-0.2, 0) is 19.6 Å². The fraction of sp³-hybridized carbons (Fsp3) is 0.545. The van der Waals surface area contributed by atoms with E-state index < -0.39 is 22.0 Å². The predicted molar refractivity (Wildman–Crippen MR) is 75.6 cm³/mol. The number of halogens is 1. The van der Waals surface area contributed by atoms with E-state index in [9.17, 15) is 13.2 Å². The third-order valence-electron chi connectivity index (χ3n) is 3.04. The fourth-order valence-corrected chi connectivity index (χ4v) is 5.90. The molecule has 106 valence electrons. The van der Waals surface area contributed by atoms with Gasteiger partial charge in [0.25, 0.3) is 10.0 Å². The lowest BCUT2D eigenvalue weighted by Crippen LogP contribution is -2.48. The van der Waals surface area contributed by atoms with E-state index in [2.05, 4.69) is 15.9 Å². The first-order valence-corrected chi connectivity index (χ1v) is 8.87. The average Bonchev–Trinajstić information content (AvgIpc) is 2.85. The molecule has 0 aromatic carbocycles. The highest BCUT2D eigenvalue weighted by Gasteiger charge is 2.38. The Morgan fingerprint density at radius 3 is 2.79 bits per heavy atom. The topological polar surface area (TPSA) is 63.7 Å². The summed E-state index contributed by atoms with van der Waals surface area (Å²) in [6.07, 6.45) is 2.11. The summed E-state index contributed by atoms with van der Waals surface area (Å²) in [7, 11) is -2.34. The minimum absolute atomic E-state index is 0.246. The van der Waals surface area contributed by atoms with Crippen molar-refractivity contribution >= 4 is 43.3 Å². The predicted octanol–water partition coefficient (Wildman–Crippen LogP) is 2.23. The Kier molecular flexibility index (Phi) is 4.65. The third kappa shape index (κ3) is 3.01. The summed E-state index contributed by atoms with van der Waals surface area (Å²) in [5.74, 6) is -0.487. The highest BCUT2D eigenvalue weighted by molar-refractivity contribution is 9.11. The van der Waals surface area contributed by atoms with Crippen molar-refractivity contribution in [2.24, 2.45) is 0 Å². The summed E-state index contributed by atoms with van der Waals surface area (Å²) in [5, 5.41) is 0. The van der Waals surface area contributed by atoms with Crippen LogP contribution in [0.2, 0.25) is 0 Å². The molecule has 1 fully saturated rings. The molecule has 2 heterocycles. The highest BCUT2D eigenvalue weighted by atomic mass is 79.9. The van der Waals surface area contributed by atoms with Gasteiger partial charge in [-0.3, -0.25) is 4.79 Å². The molecule has 1 aliphatic rings. The van der Waals surface area contributed by atoms with Crippen molar-refractivity contribution in [1.82, 2.24) is 4.31 Å². The van der Waals surface area contributed by atoms with Crippen LogP contribution in [0, 0.1) is 0 Å². The highest BCUT2D eigenvalue weighted by Crippen LogP contribution is 2.32. The molecule has 1 aromatic heterocycles. The number of nitrogens with zero attached hydrogens (tertiary/aromatic N) is 1. The number of sulfonamides is 1. The van der Waals surface area contributed by atoms with Crippen LogP contribution >= 0.6 is 27.3 Å². The number of carbonyl (C=O) groups excluding carboxylic acids is 1. The molecule has 0 saturated carbocycles. The largest absolute Gasteiger partial charge is 0.468 e. The van der Waals surface area contributed by atoms with Gasteiger partial charge in [0.15, 0.2) is 0 Å². The summed E-state index contributed by atoms with van der Waals surface area (Å²) in [5.41, 5.74) is 0. The molecule has 0 spiro atoms. The molecule has 2 rings (SSSR count). The van der Waals surface area contributed by atoms with E-state index in [1.165, 1.54) is 11.4 Å². The Morgan fingerprint density at radius 1 is 1.47 bits per heavy atom. The first-order valence-electron chi connectivity index (χ1n) is 5.82. The van der Waals surface area contributed by atoms with Crippen molar-refractivity contribution in [3.05, 3.63) is 15.9 Å². The Hall–Kier alpha value is -0.440. The monoisotopic (exact) mass is 367 g/mol. The van der Waals surface area contributed by atoms with Crippen molar-refractivity contribution in [3.8, 4) is 0 Å². The minimum Gasteiger partial charge on any atom is -0.468 e. The quantitative estimate of drug-likeness (QED) is 0.768. The zero-order chi connectivity index (χ0) is 14.0. The second-order valence-electron chi connectivity index (χ2n) is 4.21. The van der Waals surface area contributed by atoms with E-state index in [1.807, 2.05) is 0 Å². The first-order chi connectivity index (χ1) is 8.96. The van der Waals surface area contributed by atoms with Gasteiger partial charge in [0, 0.05) is 6.54 Å². The zero-order valence-electron chi connectivity index (χ0n) is 10.3. The lowest BCUT2D eigenvalue weighted by Gasteiger charge is -2.32. The van der Waals surface area contributed by atoms with Crippen LogP contribution in [0.1, 0.15) is 19.3 Å². The van der Waals surface area contributed by atoms with E-state index in [0.717, 1.165) is 28.0 Å². The van der Waals surface area contributed by atoms with Crippen molar-refractivity contribution in [1.29, 1.82) is 0 Å². The molecule has 0 aliphatic carbocycles. The molecule has 5 nitrogen and oxygen atoms in total. The van der Waals surface area contributed by atoms with Gasteiger partial charge >= 0.3 is 5.97 Å². The average molecular weight is 368 g/mol. The second kappa shape index (κ2) is 5.90. The molecular weight excluding hydrogens is 354 g/mol. The standard InChI is InChI=1S/C11H14BrNO4S2/c1-17-11(14)8-4-2-3-7-13(8)19(15,16)10-6-5-9(12)18-10/h5-6,8H,2-4,7H2,1H3. The van der Waals surface area contributed by atoms with Crippen LogP contribution in [0.5, 0.6) is 0 Å². The van der Waals surface area contributed by atoms with Crippen LogP contribution in [0.25, 0.3) is 0 Å². The molecule has 1 aromatic rings. The number of methoxy groups -OCH3 is 1. The molecule has 0 bridgehead atoms. The molecule has 1 saturated heterocycles. The summed E-state index contributed by atoms with van der Waals surface area (Å²) >= 11 is 4.39. The van der Waals surface area contributed by atoms with E-state index in [1.54, 1.807) is 12.1 Å². The van der Waals surface area contributed by atoms with Crippen molar-refractivity contribution in [2.75, 3.05) is 13.7 Å². The van der Waals surface area contributed by atoms with Gasteiger partial charge in [0.05, 0.1) is 10.9 Å². The number of hydrogen-bond acceptors (Lipinski definition) is 5. The Labute approximate surface area is 124 Å². The van der Waals surface area contributed by atoms with Crippen molar-refractivity contribution in [2.45, 2.75) is 29.5 Å². The fourth-order valence-electron chi connectivity index (χ4n) is 2.12. The summed E-state index contributed by atoms with van der Waals surface area (Å²) in [4.78, 5) is 11.7. The van der Waals surface area contributed by atoms with Crippen LogP contribution in [0.4, 0.5) is 0 Å². The second-order valence-corrected chi connectivity index (χ2v) is 8.79. The maximum absolute atomic E-state index is 12.5. The molecule has 1 atom stereocenters. The zero-order valence-corrected chi connectivity index (χ0v) is 13.6. The minimum atomic E-state index is -3.62. The van der Waals surface area contributed by atoms with Gasteiger partial charge in [-0.05, 0) is 47.3 Å². The molecular formula is C11H14BrNO4S2. The lowest BCUT2D eigenvalue weighted by molar-refractivity contribution is -0.146. The van der Waals surface area contributed by atoms with Crippen molar-refractivity contribution in [3.63, 3.8) is 0 Å². The van der Waals surface area contributed by atoms with Crippen LogP contribution < -0.4 is 0 Å². The maximum Gasteiger partial charge on any atom is 0.324 e. The number of rotatable bonds is 3. The Balaban J connectivity index is 2.34. The maximum atomic E-state index is 12.5. The molecule has 0 amide bonds. The molecule has 0 N–H and O–H groups in total. The van der Waals surface area contributed by atoms with Crippen molar-refractivity contribution < 1.29 is 17.9 Å². The summed E-state index contributed by atoms with van der Waals surface area (Å²) in [6.45, 7) is 0.359. The SMILES string of the molecule is COC(=O)C1CCCCN1S(=O)(=O)c1ccc(Br)s1. The number of piperidine rings is 1. The van der Waals surface area contributed by atoms with Crippen LogP contribution in [0.3, 0.4) is 0 Å². The normalized spacial score (nSPS) is 21.3. The number of thiophene rings is 1. The molecule has 1 unspecified atom stereocenters. The van der Waals surface area contributed by atoms with E-state index in [-0.39, 0.29) is 4.21 Å². The van der Waals surface area contributed by atoms with Gasteiger partial charge in [0.1, 0.15) is 10.3 Å². The van der Waals surface area contributed by atoms with Gasteiger partial charge in [-0.25, -0.2) is 8.42 Å². The van der Waals surface area contributed by atoms with E-state index in [4.69, 9.17) is 4.74 Å². The van der Waals surface area contributed by atoms with Gasteiger partial charge in [-0.1, -0.05) is 0 Å². The number of ether oxygens (including phenoxy) is 1. The summed E-state index contributed by atoms with van der Waals surface area (Å²) < 4.78 is 32.0. The van der Waals surface area contributed by atoms with E-state index >= 15 is 0 Å². The molecule has 1 aliphatic heterocycles. The van der Waals surface area contributed by atoms with Gasteiger partial charge < -0.3 is 4.74 Å². The molecule has 8 heteroatoms. The van der Waals surface area contributed by atoms with Gasteiger partial charge in [-0.15, -0.1) is 11.3 Å². The Bertz CT molecular complexity index is 569. The molecule has 0 radical (unpaired) electrons. The van der Waals surface area contributed by atoms with Crippen LogP contribution in [0.15, 0.2) is 20.1 Å². The molecule has 19 heavy (non-hydrogen) atoms. The van der Waals surface area contributed by atoms with Crippen LogP contribution in [-0.4, -0.2) is 38.4 Å². The van der Waals surface area contributed by atoms with Gasteiger partial charge in [0.2, 0.25) is 0 Å². The lowest BCUT2D eigenvalue weighted by atomic mass is 10.1.